The van der Waals surface area contributed by atoms with Crippen molar-refractivity contribution in [2.45, 2.75) is 64.2 Å². The maximum Gasteiger partial charge on any atom is 0.401 e. The van der Waals surface area contributed by atoms with Gasteiger partial charge in [-0.05, 0) is 52.1 Å². The van der Waals surface area contributed by atoms with Crippen molar-refractivity contribution >= 4 is 0 Å². The van der Waals surface area contributed by atoms with Gasteiger partial charge in [0.25, 0.3) is 0 Å². The van der Waals surface area contributed by atoms with Gasteiger partial charge in [-0.2, -0.15) is 13.2 Å². The third kappa shape index (κ3) is 5.42. The summed E-state index contributed by atoms with van der Waals surface area (Å²) in [6, 6.07) is -0.129. The quantitative estimate of drug-likeness (QED) is 0.724. The smallest absolute Gasteiger partial charge is 0.394 e. The summed E-state index contributed by atoms with van der Waals surface area (Å²) >= 11 is 0. The molecule has 0 radical (unpaired) electrons. The Morgan fingerprint density at radius 2 is 2.05 bits per heavy atom. The summed E-state index contributed by atoms with van der Waals surface area (Å²) in [4.78, 5) is 1.48. The van der Waals surface area contributed by atoms with Crippen molar-refractivity contribution in [1.82, 2.24) is 10.2 Å². The largest absolute Gasteiger partial charge is 0.401 e. The summed E-state index contributed by atoms with van der Waals surface area (Å²) in [6.45, 7) is 5.99. The highest BCUT2D eigenvalue weighted by Gasteiger charge is 2.42. The molecular weight excluding hydrogens is 281 g/mol. The predicted molar refractivity (Wildman–Crippen MR) is 78.2 cm³/mol. The number of hydrogen-bond donors (Lipinski definition) is 2. The number of aliphatic hydroxyl groups is 1. The van der Waals surface area contributed by atoms with Crippen LogP contribution >= 0.6 is 0 Å². The van der Waals surface area contributed by atoms with Crippen LogP contribution in [0, 0.1) is 5.92 Å². The van der Waals surface area contributed by atoms with Crippen molar-refractivity contribution < 1.29 is 18.3 Å². The van der Waals surface area contributed by atoms with E-state index >= 15 is 0 Å². The molecule has 21 heavy (non-hydrogen) atoms. The van der Waals surface area contributed by atoms with E-state index in [2.05, 4.69) is 5.32 Å². The van der Waals surface area contributed by atoms with E-state index in [9.17, 15) is 18.3 Å². The highest BCUT2D eigenvalue weighted by atomic mass is 19.4. The van der Waals surface area contributed by atoms with E-state index < -0.39 is 12.7 Å². The molecule has 1 aliphatic carbocycles. The first-order valence-corrected chi connectivity index (χ1v) is 7.91. The van der Waals surface area contributed by atoms with E-state index in [0.717, 1.165) is 25.8 Å². The molecule has 0 amide bonds. The third-order valence-electron chi connectivity index (χ3n) is 4.65. The van der Waals surface area contributed by atoms with Crippen molar-refractivity contribution in [2.24, 2.45) is 5.92 Å². The van der Waals surface area contributed by atoms with E-state index in [1.807, 2.05) is 6.92 Å². The van der Waals surface area contributed by atoms with Crippen LogP contribution in [0.15, 0.2) is 0 Å². The fraction of sp³-hybridized carbons (Fsp3) is 1.00. The number of likely N-dealkylation sites (N-methyl/N-ethyl adjacent to an activating group) is 1. The molecule has 0 bridgehead atoms. The number of alkyl halides is 3. The summed E-state index contributed by atoms with van der Waals surface area (Å²) in [5, 5.41) is 13.1. The molecule has 3 nitrogen and oxygen atoms in total. The SMILES string of the molecule is CCNC1(CO)CCCC1CCN(CC(F)(F)F)C(C)C. The number of aliphatic hydroxyl groups excluding tert-OH is 1. The molecule has 1 rings (SSSR count). The van der Waals surface area contributed by atoms with Crippen LogP contribution in [0.5, 0.6) is 0 Å². The lowest BCUT2D eigenvalue weighted by Crippen LogP contribution is -2.52. The van der Waals surface area contributed by atoms with Crippen LogP contribution < -0.4 is 5.32 Å². The van der Waals surface area contributed by atoms with Crippen LogP contribution in [0.25, 0.3) is 0 Å². The van der Waals surface area contributed by atoms with Crippen LogP contribution in [-0.2, 0) is 0 Å². The van der Waals surface area contributed by atoms with Crippen LogP contribution in [0.4, 0.5) is 13.2 Å². The van der Waals surface area contributed by atoms with Crippen LogP contribution in [0.2, 0.25) is 0 Å². The van der Waals surface area contributed by atoms with Crippen LogP contribution in [-0.4, -0.2) is 54.0 Å². The molecule has 1 saturated carbocycles. The van der Waals surface area contributed by atoms with Crippen molar-refractivity contribution in [3.63, 3.8) is 0 Å². The topological polar surface area (TPSA) is 35.5 Å². The monoisotopic (exact) mass is 310 g/mol. The Labute approximate surface area is 125 Å². The highest BCUT2D eigenvalue weighted by molar-refractivity contribution is 4.99. The lowest BCUT2D eigenvalue weighted by Gasteiger charge is -2.37. The predicted octanol–water partition coefficient (Wildman–Crippen LogP) is 2.79. The number of rotatable bonds is 8. The molecule has 2 unspecified atom stereocenters. The van der Waals surface area contributed by atoms with E-state index in [1.165, 1.54) is 4.90 Å². The minimum Gasteiger partial charge on any atom is -0.394 e. The van der Waals surface area contributed by atoms with Gasteiger partial charge in [-0.15, -0.1) is 0 Å². The zero-order valence-electron chi connectivity index (χ0n) is 13.3. The molecule has 6 heteroatoms. The number of halogens is 3. The Balaban J connectivity index is 2.62. The van der Waals surface area contributed by atoms with E-state index in [-0.39, 0.29) is 24.1 Å². The standard InChI is InChI=1S/C15H29F3N2O/c1-4-19-14(11-21)8-5-6-13(14)7-9-20(12(2)3)10-15(16,17)18/h12-13,19,21H,4-11H2,1-3H3. The van der Waals surface area contributed by atoms with Gasteiger partial charge in [0.1, 0.15) is 0 Å². The van der Waals surface area contributed by atoms with Gasteiger partial charge in [0.05, 0.1) is 13.2 Å². The number of nitrogens with one attached hydrogen (secondary N) is 1. The molecule has 0 aromatic carbocycles. The molecule has 1 aliphatic rings. The van der Waals surface area contributed by atoms with E-state index in [0.29, 0.717) is 13.0 Å². The Kier molecular flexibility index (Phi) is 6.94. The maximum atomic E-state index is 12.6. The summed E-state index contributed by atoms with van der Waals surface area (Å²) in [5.41, 5.74) is -0.296. The van der Waals surface area contributed by atoms with Gasteiger partial charge in [0.15, 0.2) is 0 Å². The highest BCUT2D eigenvalue weighted by Crippen LogP contribution is 2.38. The Hall–Kier alpha value is -0.330. The van der Waals surface area contributed by atoms with Gasteiger partial charge in [0, 0.05) is 11.6 Å². The number of nitrogens with zero attached hydrogens (tertiary/aromatic N) is 1. The molecular formula is C15H29F3N2O. The van der Waals surface area contributed by atoms with Gasteiger partial charge in [0.2, 0.25) is 0 Å². The average Bonchev–Trinajstić information content (AvgIpc) is 2.77. The second-order valence-corrected chi connectivity index (χ2v) is 6.40. The zero-order chi connectivity index (χ0) is 16.1. The molecule has 0 spiro atoms. The molecule has 0 aliphatic heterocycles. The van der Waals surface area contributed by atoms with Gasteiger partial charge in [-0.3, -0.25) is 4.90 Å². The number of hydrogen-bond acceptors (Lipinski definition) is 3. The second-order valence-electron chi connectivity index (χ2n) is 6.40. The normalized spacial score (nSPS) is 27.0. The molecule has 0 aromatic rings. The molecule has 126 valence electrons. The van der Waals surface area contributed by atoms with Gasteiger partial charge in [-0.1, -0.05) is 13.3 Å². The lowest BCUT2D eigenvalue weighted by atomic mass is 9.85. The van der Waals surface area contributed by atoms with Crippen LogP contribution in [0.3, 0.4) is 0 Å². The minimum atomic E-state index is -4.16. The molecule has 0 aromatic heterocycles. The average molecular weight is 310 g/mol. The van der Waals surface area contributed by atoms with Crippen molar-refractivity contribution in [2.75, 3.05) is 26.2 Å². The van der Waals surface area contributed by atoms with Crippen molar-refractivity contribution in [3.05, 3.63) is 0 Å². The lowest BCUT2D eigenvalue weighted by molar-refractivity contribution is -0.150. The zero-order valence-corrected chi connectivity index (χ0v) is 13.3. The maximum absolute atomic E-state index is 12.6. The Morgan fingerprint density at radius 3 is 2.52 bits per heavy atom. The molecule has 1 fully saturated rings. The minimum absolute atomic E-state index is 0.0620. The fourth-order valence-corrected chi connectivity index (χ4v) is 3.49. The molecule has 0 saturated heterocycles. The first-order chi connectivity index (χ1) is 9.74. The van der Waals surface area contributed by atoms with Crippen LogP contribution in [0.1, 0.15) is 46.5 Å². The van der Waals surface area contributed by atoms with Gasteiger partial charge in [-0.25, -0.2) is 0 Å². The fourth-order valence-electron chi connectivity index (χ4n) is 3.49. The summed E-state index contributed by atoms with van der Waals surface area (Å²) in [5.74, 6) is 0.247. The van der Waals surface area contributed by atoms with Crippen molar-refractivity contribution in [3.8, 4) is 0 Å². The Morgan fingerprint density at radius 1 is 1.38 bits per heavy atom. The Bertz CT molecular complexity index is 310. The molecule has 2 atom stereocenters. The molecule has 0 heterocycles. The summed E-state index contributed by atoms with van der Waals surface area (Å²) in [6.07, 6.45) is -0.550. The van der Waals surface area contributed by atoms with Gasteiger partial charge >= 0.3 is 6.18 Å². The van der Waals surface area contributed by atoms with Crippen molar-refractivity contribution in [1.29, 1.82) is 0 Å². The molecule has 2 N–H and O–H groups in total. The summed E-state index contributed by atoms with van der Waals surface area (Å²) in [7, 11) is 0. The third-order valence-corrected chi connectivity index (χ3v) is 4.65. The van der Waals surface area contributed by atoms with Gasteiger partial charge < -0.3 is 10.4 Å². The van der Waals surface area contributed by atoms with E-state index in [1.54, 1.807) is 13.8 Å². The first-order valence-electron chi connectivity index (χ1n) is 7.91. The second kappa shape index (κ2) is 7.79. The van der Waals surface area contributed by atoms with E-state index in [4.69, 9.17) is 0 Å². The summed E-state index contributed by atoms with van der Waals surface area (Å²) < 4.78 is 37.8. The first kappa shape index (κ1) is 18.7.